The number of nitrogens with two attached hydrogens (primary N) is 1. The molecule has 0 aliphatic carbocycles. The van der Waals surface area contributed by atoms with Crippen LogP contribution >= 0.6 is 15.9 Å². The molecule has 0 saturated heterocycles. The lowest BCUT2D eigenvalue weighted by atomic mass is 10.0. The van der Waals surface area contributed by atoms with E-state index in [0.717, 1.165) is 4.47 Å². The lowest BCUT2D eigenvalue weighted by molar-refractivity contribution is -0.137. The van der Waals surface area contributed by atoms with Crippen LogP contribution in [0.3, 0.4) is 0 Å². The summed E-state index contributed by atoms with van der Waals surface area (Å²) in [6.45, 7) is 0. The maximum Gasteiger partial charge on any atom is 0.305 e. The van der Waals surface area contributed by atoms with Crippen LogP contribution in [0.15, 0.2) is 22.7 Å². The Hall–Kier alpha value is -1.07. The van der Waals surface area contributed by atoms with Crippen molar-refractivity contribution in [1.29, 1.82) is 0 Å². The minimum Gasteiger partial charge on any atom is -0.508 e. The first-order chi connectivity index (χ1) is 6.50. The third kappa shape index (κ3) is 2.71. The summed E-state index contributed by atoms with van der Waals surface area (Å²) in [4.78, 5) is 10.4. The molecule has 0 radical (unpaired) electrons. The fourth-order valence-electron chi connectivity index (χ4n) is 1.12. The fourth-order valence-corrected chi connectivity index (χ4v) is 1.50. The van der Waals surface area contributed by atoms with Gasteiger partial charge in [-0.1, -0.05) is 15.9 Å². The van der Waals surface area contributed by atoms with Crippen molar-refractivity contribution in [1.82, 2.24) is 0 Å². The van der Waals surface area contributed by atoms with Crippen molar-refractivity contribution in [2.24, 2.45) is 5.73 Å². The van der Waals surface area contributed by atoms with Crippen LogP contribution in [0, 0.1) is 0 Å². The van der Waals surface area contributed by atoms with Gasteiger partial charge in [-0.05, 0) is 18.2 Å². The zero-order valence-corrected chi connectivity index (χ0v) is 8.86. The summed E-state index contributed by atoms with van der Waals surface area (Å²) in [6.07, 6.45) is -0.204. The van der Waals surface area contributed by atoms with Crippen molar-refractivity contribution in [3.63, 3.8) is 0 Å². The molecule has 1 aromatic carbocycles. The van der Waals surface area contributed by atoms with Gasteiger partial charge in [0.15, 0.2) is 0 Å². The summed E-state index contributed by atoms with van der Waals surface area (Å²) in [5.74, 6) is -0.973. The van der Waals surface area contributed by atoms with Gasteiger partial charge in [0, 0.05) is 16.1 Å². The summed E-state index contributed by atoms with van der Waals surface area (Å²) in [5, 5.41) is 18.0. The fraction of sp³-hybridized carbons (Fsp3) is 0.222. The van der Waals surface area contributed by atoms with Gasteiger partial charge >= 0.3 is 5.97 Å². The zero-order chi connectivity index (χ0) is 10.7. The zero-order valence-electron chi connectivity index (χ0n) is 7.27. The van der Waals surface area contributed by atoms with Crippen LogP contribution in [-0.2, 0) is 4.79 Å². The first kappa shape index (κ1) is 11.0. The van der Waals surface area contributed by atoms with E-state index in [1.807, 2.05) is 0 Å². The van der Waals surface area contributed by atoms with E-state index in [-0.39, 0.29) is 12.2 Å². The molecule has 1 rings (SSSR count). The predicted octanol–water partition coefficient (Wildman–Crippen LogP) is 1.63. The monoisotopic (exact) mass is 259 g/mol. The Bertz CT molecular complexity index is 354. The van der Waals surface area contributed by atoms with Crippen LogP contribution in [0.4, 0.5) is 0 Å². The van der Waals surface area contributed by atoms with E-state index in [0.29, 0.717) is 5.56 Å². The van der Waals surface area contributed by atoms with Crippen molar-refractivity contribution in [2.75, 3.05) is 0 Å². The normalized spacial score (nSPS) is 12.4. The number of carboxylic acid groups (broad SMARTS) is 1. The number of rotatable bonds is 3. The summed E-state index contributed by atoms with van der Waals surface area (Å²) >= 11 is 3.22. The molecule has 4 N–H and O–H groups in total. The summed E-state index contributed by atoms with van der Waals surface area (Å²) < 4.78 is 0.756. The van der Waals surface area contributed by atoms with E-state index < -0.39 is 12.0 Å². The molecule has 0 unspecified atom stereocenters. The molecule has 0 bridgehead atoms. The van der Waals surface area contributed by atoms with Gasteiger partial charge in [0.25, 0.3) is 0 Å². The first-order valence-corrected chi connectivity index (χ1v) is 4.76. The van der Waals surface area contributed by atoms with Gasteiger partial charge in [0.05, 0.1) is 6.42 Å². The molecule has 0 aromatic heterocycles. The van der Waals surface area contributed by atoms with Crippen LogP contribution in [-0.4, -0.2) is 16.2 Å². The van der Waals surface area contributed by atoms with Crippen LogP contribution in [0.2, 0.25) is 0 Å². The van der Waals surface area contributed by atoms with E-state index in [1.165, 1.54) is 6.07 Å². The van der Waals surface area contributed by atoms with E-state index >= 15 is 0 Å². The van der Waals surface area contributed by atoms with Crippen molar-refractivity contribution in [3.8, 4) is 5.75 Å². The van der Waals surface area contributed by atoms with Crippen molar-refractivity contribution < 1.29 is 15.0 Å². The van der Waals surface area contributed by atoms with Crippen LogP contribution in [0.1, 0.15) is 18.0 Å². The molecule has 1 aromatic rings. The number of halogens is 1. The Morgan fingerprint density at radius 2 is 2.21 bits per heavy atom. The standard InChI is InChI=1S/C9H10BrNO3/c10-5-1-2-8(12)6(3-5)7(11)4-9(13)14/h1-3,7,12H,4,11H2,(H,13,14)/t7-/m1/s1. The summed E-state index contributed by atoms with van der Waals surface area (Å²) in [7, 11) is 0. The topological polar surface area (TPSA) is 83.6 Å². The molecule has 0 spiro atoms. The van der Waals surface area contributed by atoms with Crippen LogP contribution in [0.25, 0.3) is 0 Å². The lowest BCUT2D eigenvalue weighted by Gasteiger charge is -2.11. The van der Waals surface area contributed by atoms with Crippen molar-refractivity contribution in [2.45, 2.75) is 12.5 Å². The Kier molecular flexibility index (Phi) is 3.49. The highest BCUT2D eigenvalue weighted by atomic mass is 79.9. The minimum atomic E-state index is -0.989. The van der Waals surface area contributed by atoms with E-state index in [2.05, 4.69) is 15.9 Å². The van der Waals surface area contributed by atoms with E-state index in [1.54, 1.807) is 12.1 Å². The molecular formula is C9H10BrNO3. The molecule has 0 saturated carbocycles. The third-order valence-corrected chi connectivity index (χ3v) is 2.28. The molecule has 0 aliphatic rings. The van der Waals surface area contributed by atoms with Gasteiger partial charge < -0.3 is 15.9 Å². The molecule has 0 amide bonds. The number of benzene rings is 1. The highest BCUT2D eigenvalue weighted by molar-refractivity contribution is 9.10. The van der Waals surface area contributed by atoms with Gasteiger partial charge in [0.2, 0.25) is 0 Å². The number of phenols is 1. The summed E-state index contributed by atoms with van der Waals surface area (Å²) in [5.41, 5.74) is 6.04. The Morgan fingerprint density at radius 3 is 2.79 bits per heavy atom. The second kappa shape index (κ2) is 4.43. The summed E-state index contributed by atoms with van der Waals surface area (Å²) in [6, 6.07) is 4.06. The van der Waals surface area contributed by atoms with Gasteiger partial charge in [-0.25, -0.2) is 0 Å². The molecular weight excluding hydrogens is 250 g/mol. The van der Waals surface area contributed by atoms with Gasteiger partial charge in [-0.2, -0.15) is 0 Å². The molecule has 4 nitrogen and oxygen atoms in total. The largest absolute Gasteiger partial charge is 0.508 e. The molecule has 1 atom stereocenters. The molecule has 0 heterocycles. The Labute approximate surface area is 89.5 Å². The van der Waals surface area contributed by atoms with Gasteiger partial charge in [-0.15, -0.1) is 0 Å². The second-order valence-electron chi connectivity index (χ2n) is 2.91. The smallest absolute Gasteiger partial charge is 0.305 e. The molecule has 0 aliphatic heterocycles. The molecule has 76 valence electrons. The number of hydrogen-bond acceptors (Lipinski definition) is 3. The lowest BCUT2D eigenvalue weighted by Crippen LogP contribution is -2.15. The Balaban J connectivity index is 2.93. The Morgan fingerprint density at radius 1 is 1.57 bits per heavy atom. The number of phenolic OH excluding ortho intramolecular Hbond substituents is 1. The van der Waals surface area contributed by atoms with E-state index in [9.17, 15) is 9.90 Å². The van der Waals surface area contributed by atoms with Crippen molar-refractivity contribution >= 4 is 21.9 Å². The average molecular weight is 260 g/mol. The van der Waals surface area contributed by atoms with Crippen LogP contribution < -0.4 is 5.73 Å². The number of carbonyl (C=O) groups is 1. The molecule has 0 fully saturated rings. The minimum absolute atomic E-state index is 0.0157. The van der Waals surface area contributed by atoms with E-state index in [4.69, 9.17) is 10.8 Å². The first-order valence-electron chi connectivity index (χ1n) is 3.96. The quantitative estimate of drug-likeness (QED) is 0.771. The SMILES string of the molecule is N[C@H](CC(=O)O)c1cc(Br)ccc1O. The number of hydrogen-bond donors (Lipinski definition) is 3. The maximum atomic E-state index is 10.4. The highest BCUT2D eigenvalue weighted by Crippen LogP contribution is 2.27. The van der Waals surface area contributed by atoms with Gasteiger partial charge in [-0.3, -0.25) is 4.79 Å². The highest BCUT2D eigenvalue weighted by Gasteiger charge is 2.14. The number of carboxylic acids is 1. The third-order valence-electron chi connectivity index (χ3n) is 1.78. The second-order valence-corrected chi connectivity index (χ2v) is 3.82. The molecule has 14 heavy (non-hydrogen) atoms. The van der Waals surface area contributed by atoms with Crippen LogP contribution in [0.5, 0.6) is 5.75 Å². The average Bonchev–Trinajstić information content (AvgIpc) is 2.08. The predicted molar refractivity (Wildman–Crippen MR) is 55.0 cm³/mol. The number of aliphatic carboxylic acids is 1. The maximum absolute atomic E-state index is 10.4. The molecule has 5 heteroatoms. The van der Waals surface area contributed by atoms with Gasteiger partial charge in [0.1, 0.15) is 5.75 Å². The van der Waals surface area contributed by atoms with Crippen molar-refractivity contribution in [3.05, 3.63) is 28.2 Å². The number of aromatic hydroxyl groups is 1.